The van der Waals surface area contributed by atoms with Crippen molar-refractivity contribution < 1.29 is 4.74 Å². The lowest BCUT2D eigenvalue weighted by Crippen LogP contribution is -2.44. The van der Waals surface area contributed by atoms with Gasteiger partial charge in [-0.3, -0.25) is 4.99 Å². The molecule has 0 radical (unpaired) electrons. The summed E-state index contributed by atoms with van der Waals surface area (Å²) >= 11 is 0. The average Bonchev–Trinajstić information content (AvgIpc) is 2.17. The summed E-state index contributed by atoms with van der Waals surface area (Å²) in [5.74, 6) is 0.676. The van der Waals surface area contributed by atoms with Gasteiger partial charge < -0.3 is 15.4 Å². The van der Waals surface area contributed by atoms with E-state index in [2.05, 4.69) is 9.89 Å². The van der Waals surface area contributed by atoms with Crippen LogP contribution in [-0.2, 0) is 4.74 Å². The minimum absolute atomic E-state index is 0.273. The van der Waals surface area contributed by atoms with Gasteiger partial charge in [0.25, 0.3) is 0 Å². The zero-order valence-electron chi connectivity index (χ0n) is 9.36. The van der Waals surface area contributed by atoms with E-state index >= 15 is 0 Å². The average molecular weight is 199 g/mol. The highest BCUT2D eigenvalue weighted by Crippen LogP contribution is 2.12. The number of nitrogens with zero attached hydrogens (tertiary/aromatic N) is 2. The standard InChI is InChI=1S/C10H21N3O/c1-8(2)12-10(11)13-6-4-9(14-3)5-7-13/h8-9H,4-7H2,1-3H3,(H2,11,12). The van der Waals surface area contributed by atoms with Crippen LogP contribution in [0.15, 0.2) is 4.99 Å². The molecule has 0 atom stereocenters. The molecule has 0 aromatic carbocycles. The molecule has 1 fully saturated rings. The highest BCUT2D eigenvalue weighted by molar-refractivity contribution is 5.78. The fraction of sp³-hybridized carbons (Fsp3) is 0.900. The summed E-state index contributed by atoms with van der Waals surface area (Å²) in [5, 5.41) is 0. The Morgan fingerprint density at radius 2 is 2.00 bits per heavy atom. The van der Waals surface area contributed by atoms with E-state index in [1.807, 2.05) is 13.8 Å². The van der Waals surface area contributed by atoms with Crippen molar-refractivity contribution in [2.45, 2.75) is 38.8 Å². The van der Waals surface area contributed by atoms with E-state index < -0.39 is 0 Å². The Balaban J connectivity index is 2.41. The van der Waals surface area contributed by atoms with Gasteiger partial charge >= 0.3 is 0 Å². The molecule has 4 nitrogen and oxygen atoms in total. The van der Waals surface area contributed by atoms with Crippen molar-refractivity contribution in [3.63, 3.8) is 0 Å². The van der Waals surface area contributed by atoms with E-state index in [0.29, 0.717) is 12.1 Å². The van der Waals surface area contributed by atoms with Gasteiger partial charge in [0.1, 0.15) is 0 Å². The minimum Gasteiger partial charge on any atom is -0.381 e. The van der Waals surface area contributed by atoms with Crippen LogP contribution in [-0.4, -0.2) is 43.2 Å². The molecule has 14 heavy (non-hydrogen) atoms. The van der Waals surface area contributed by atoms with Crippen LogP contribution in [0.3, 0.4) is 0 Å². The van der Waals surface area contributed by atoms with Gasteiger partial charge in [-0.2, -0.15) is 0 Å². The smallest absolute Gasteiger partial charge is 0.191 e. The minimum atomic E-state index is 0.273. The lowest BCUT2D eigenvalue weighted by atomic mass is 10.1. The summed E-state index contributed by atoms with van der Waals surface area (Å²) in [6, 6.07) is 0.273. The number of aliphatic imine (C=N–C) groups is 1. The first-order valence-corrected chi connectivity index (χ1v) is 5.24. The normalized spacial score (nSPS) is 20.6. The number of hydrogen-bond donors (Lipinski definition) is 1. The molecule has 1 rings (SSSR count). The zero-order chi connectivity index (χ0) is 10.6. The van der Waals surface area contributed by atoms with E-state index in [-0.39, 0.29) is 6.04 Å². The molecule has 1 aliphatic rings. The third kappa shape index (κ3) is 3.18. The summed E-state index contributed by atoms with van der Waals surface area (Å²) in [7, 11) is 1.77. The largest absolute Gasteiger partial charge is 0.381 e. The molecule has 0 aromatic heterocycles. The van der Waals surface area contributed by atoms with Gasteiger partial charge in [0, 0.05) is 26.2 Å². The van der Waals surface area contributed by atoms with Crippen molar-refractivity contribution in [3.8, 4) is 0 Å². The van der Waals surface area contributed by atoms with Gasteiger partial charge in [0.2, 0.25) is 0 Å². The molecular formula is C10H21N3O. The Bertz CT molecular complexity index is 196. The van der Waals surface area contributed by atoms with Crippen molar-refractivity contribution in [2.24, 2.45) is 10.7 Å². The Kier molecular flexibility index (Phi) is 4.20. The first-order chi connectivity index (χ1) is 6.63. The second-order valence-electron chi connectivity index (χ2n) is 4.00. The van der Waals surface area contributed by atoms with Crippen molar-refractivity contribution in [2.75, 3.05) is 20.2 Å². The summed E-state index contributed by atoms with van der Waals surface area (Å²) in [6.45, 7) is 5.99. The van der Waals surface area contributed by atoms with Gasteiger partial charge in [-0.15, -0.1) is 0 Å². The molecule has 1 heterocycles. The van der Waals surface area contributed by atoms with Crippen LogP contribution in [0.25, 0.3) is 0 Å². The third-order valence-electron chi connectivity index (χ3n) is 2.49. The lowest BCUT2D eigenvalue weighted by Gasteiger charge is -2.32. The zero-order valence-corrected chi connectivity index (χ0v) is 9.36. The maximum Gasteiger partial charge on any atom is 0.191 e. The topological polar surface area (TPSA) is 50.9 Å². The number of piperidine rings is 1. The van der Waals surface area contributed by atoms with E-state index in [1.54, 1.807) is 7.11 Å². The fourth-order valence-corrected chi connectivity index (χ4v) is 1.67. The van der Waals surface area contributed by atoms with Crippen molar-refractivity contribution in [3.05, 3.63) is 0 Å². The number of rotatable bonds is 2. The number of nitrogens with two attached hydrogens (primary N) is 1. The van der Waals surface area contributed by atoms with Gasteiger partial charge in [-0.1, -0.05) is 0 Å². The van der Waals surface area contributed by atoms with E-state index in [1.165, 1.54) is 0 Å². The summed E-state index contributed by atoms with van der Waals surface area (Å²) < 4.78 is 5.29. The van der Waals surface area contributed by atoms with Crippen LogP contribution in [0.1, 0.15) is 26.7 Å². The molecule has 1 saturated heterocycles. The maximum atomic E-state index is 5.87. The van der Waals surface area contributed by atoms with Crippen LogP contribution in [0.4, 0.5) is 0 Å². The molecule has 1 aliphatic heterocycles. The van der Waals surface area contributed by atoms with Gasteiger partial charge in [0.15, 0.2) is 5.96 Å². The predicted octanol–water partition coefficient (Wildman–Crippen LogP) is 0.820. The van der Waals surface area contributed by atoms with Crippen molar-refractivity contribution in [1.82, 2.24) is 4.90 Å². The van der Waals surface area contributed by atoms with E-state index in [0.717, 1.165) is 25.9 Å². The second kappa shape index (κ2) is 5.20. The van der Waals surface area contributed by atoms with Crippen molar-refractivity contribution >= 4 is 5.96 Å². The molecule has 2 N–H and O–H groups in total. The molecule has 0 aliphatic carbocycles. The van der Waals surface area contributed by atoms with Crippen LogP contribution < -0.4 is 5.73 Å². The van der Waals surface area contributed by atoms with Gasteiger partial charge in [0.05, 0.1) is 6.10 Å². The molecule has 4 heteroatoms. The molecule has 0 saturated carbocycles. The van der Waals surface area contributed by atoms with E-state index in [4.69, 9.17) is 10.5 Å². The maximum absolute atomic E-state index is 5.87. The number of guanidine groups is 1. The Morgan fingerprint density at radius 1 is 1.43 bits per heavy atom. The predicted molar refractivity (Wildman–Crippen MR) is 58.4 cm³/mol. The molecule has 0 bridgehead atoms. The number of likely N-dealkylation sites (tertiary alicyclic amines) is 1. The molecule has 0 unspecified atom stereocenters. The van der Waals surface area contributed by atoms with Gasteiger partial charge in [-0.05, 0) is 26.7 Å². The van der Waals surface area contributed by atoms with Crippen molar-refractivity contribution in [1.29, 1.82) is 0 Å². The summed E-state index contributed by atoms with van der Waals surface area (Å²) in [5.41, 5.74) is 5.87. The van der Waals surface area contributed by atoms with E-state index in [9.17, 15) is 0 Å². The molecular weight excluding hydrogens is 178 g/mol. The second-order valence-corrected chi connectivity index (χ2v) is 4.00. The number of methoxy groups -OCH3 is 1. The highest BCUT2D eigenvalue weighted by atomic mass is 16.5. The first-order valence-electron chi connectivity index (χ1n) is 5.24. The summed E-state index contributed by atoms with van der Waals surface area (Å²) in [6.07, 6.45) is 2.49. The number of hydrogen-bond acceptors (Lipinski definition) is 2. The quantitative estimate of drug-likeness (QED) is 0.529. The highest BCUT2D eigenvalue weighted by Gasteiger charge is 2.19. The molecule has 82 valence electrons. The number of ether oxygens (including phenoxy) is 1. The summed E-state index contributed by atoms with van der Waals surface area (Å²) in [4.78, 5) is 6.47. The van der Waals surface area contributed by atoms with Crippen LogP contribution in [0.5, 0.6) is 0 Å². The Morgan fingerprint density at radius 3 is 2.43 bits per heavy atom. The fourth-order valence-electron chi connectivity index (χ4n) is 1.67. The Hall–Kier alpha value is -0.770. The monoisotopic (exact) mass is 199 g/mol. The Labute approximate surface area is 86.1 Å². The molecule has 0 spiro atoms. The first kappa shape index (κ1) is 11.3. The van der Waals surface area contributed by atoms with Crippen LogP contribution in [0, 0.1) is 0 Å². The lowest BCUT2D eigenvalue weighted by molar-refractivity contribution is 0.0575. The van der Waals surface area contributed by atoms with Crippen LogP contribution >= 0.6 is 0 Å². The molecule has 0 amide bonds. The third-order valence-corrected chi connectivity index (χ3v) is 2.49. The van der Waals surface area contributed by atoms with Gasteiger partial charge in [-0.25, -0.2) is 0 Å². The van der Waals surface area contributed by atoms with Crippen LogP contribution in [0.2, 0.25) is 0 Å². The SMILES string of the molecule is COC1CCN(C(N)=NC(C)C)CC1. The molecule has 0 aromatic rings.